The van der Waals surface area contributed by atoms with E-state index in [0.29, 0.717) is 13.0 Å². The summed E-state index contributed by atoms with van der Waals surface area (Å²) in [6, 6.07) is 0. The molecule has 0 aliphatic rings. The Balaban J connectivity index is 3.19. The zero-order valence-corrected chi connectivity index (χ0v) is 14.2. The van der Waals surface area contributed by atoms with Gasteiger partial charge >= 0.3 is 5.97 Å². The molecule has 0 saturated carbocycles. The highest BCUT2D eigenvalue weighted by atomic mass is 16.5. The van der Waals surface area contributed by atoms with Crippen LogP contribution in [0.15, 0.2) is 0 Å². The van der Waals surface area contributed by atoms with E-state index >= 15 is 0 Å². The van der Waals surface area contributed by atoms with Crippen LogP contribution >= 0.6 is 0 Å². The number of hydrogen-bond acceptors (Lipinski definition) is 5. The zero-order valence-electron chi connectivity index (χ0n) is 14.2. The normalized spacial score (nSPS) is 11.6. The van der Waals surface area contributed by atoms with Crippen LogP contribution in [0.2, 0.25) is 0 Å². The Morgan fingerprint density at radius 1 is 0.864 bits per heavy atom. The summed E-state index contributed by atoms with van der Waals surface area (Å²) >= 11 is 0. The molecule has 0 heterocycles. The van der Waals surface area contributed by atoms with Crippen molar-refractivity contribution in [2.45, 2.75) is 83.1 Å². The van der Waals surface area contributed by atoms with Crippen LogP contribution in [0.4, 0.5) is 0 Å². The minimum atomic E-state index is -0.800. The quantitative estimate of drug-likeness (QED) is 0.319. The first-order chi connectivity index (χ1) is 10.5. The van der Waals surface area contributed by atoms with E-state index in [9.17, 15) is 4.79 Å². The van der Waals surface area contributed by atoms with Crippen LogP contribution < -0.4 is 5.73 Å². The van der Waals surface area contributed by atoms with Gasteiger partial charge in [0.25, 0.3) is 0 Å². The summed E-state index contributed by atoms with van der Waals surface area (Å²) in [5, 5.41) is 18.2. The number of hydrogen-bond donors (Lipinski definition) is 3. The SMILES string of the molecule is CC(=O)OCCCCCCCCCCCCC(N)(CO)CO. The molecule has 5 heteroatoms. The third kappa shape index (κ3) is 13.0. The maximum atomic E-state index is 10.6. The number of carbonyl (C=O) groups excluding carboxylic acids is 1. The van der Waals surface area contributed by atoms with Gasteiger partial charge in [-0.3, -0.25) is 4.79 Å². The maximum absolute atomic E-state index is 10.6. The number of unbranched alkanes of at least 4 members (excludes halogenated alkanes) is 9. The van der Waals surface area contributed by atoms with Crippen LogP contribution in [-0.4, -0.2) is 41.5 Å². The largest absolute Gasteiger partial charge is 0.466 e. The van der Waals surface area contributed by atoms with Crippen molar-refractivity contribution in [2.75, 3.05) is 19.8 Å². The molecule has 0 bridgehead atoms. The third-order valence-electron chi connectivity index (χ3n) is 4.00. The molecule has 0 saturated heterocycles. The molecule has 0 aromatic rings. The summed E-state index contributed by atoms with van der Waals surface area (Å²) < 4.78 is 4.89. The van der Waals surface area contributed by atoms with Crippen molar-refractivity contribution in [1.29, 1.82) is 0 Å². The van der Waals surface area contributed by atoms with Gasteiger partial charge in [0.2, 0.25) is 0 Å². The zero-order chi connectivity index (χ0) is 16.7. The number of rotatable bonds is 15. The molecular formula is C17H35NO4. The van der Waals surface area contributed by atoms with Crippen LogP contribution in [0.25, 0.3) is 0 Å². The summed E-state index contributed by atoms with van der Waals surface area (Å²) in [5.74, 6) is -0.190. The number of nitrogens with two attached hydrogens (primary N) is 1. The van der Waals surface area contributed by atoms with Gasteiger partial charge in [0.15, 0.2) is 0 Å². The van der Waals surface area contributed by atoms with E-state index in [1.807, 2.05) is 0 Å². The average Bonchev–Trinajstić information content (AvgIpc) is 2.51. The summed E-state index contributed by atoms with van der Waals surface area (Å²) in [5.41, 5.74) is 5.02. The molecule has 0 spiro atoms. The van der Waals surface area contributed by atoms with Gasteiger partial charge in [0.05, 0.1) is 25.4 Å². The second-order valence-electron chi connectivity index (χ2n) is 6.30. The molecule has 0 aromatic heterocycles. The average molecular weight is 317 g/mol. The highest BCUT2D eigenvalue weighted by Crippen LogP contribution is 2.14. The smallest absolute Gasteiger partial charge is 0.302 e. The van der Waals surface area contributed by atoms with Crippen molar-refractivity contribution in [3.05, 3.63) is 0 Å². The van der Waals surface area contributed by atoms with Gasteiger partial charge in [-0.15, -0.1) is 0 Å². The predicted molar refractivity (Wildman–Crippen MR) is 88.5 cm³/mol. The second kappa shape index (κ2) is 14.0. The van der Waals surface area contributed by atoms with E-state index in [1.54, 1.807) is 0 Å². The monoisotopic (exact) mass is 317 g/mol. The molecule has 0 rings (SSSR count). The molecule has 5 nitrogen and oxygen atoms in total. The molecule has 4 N–H and O–H groups in total. The van der Waals surface area contributed by atoms with Crippen LogP contribution in [0.5, 0.6) is 0 Å². The number of aliphatic hydroxyl groups is 2. The molecule has 0 aromatic carbocycles. The standard InChI is InChI=1S/C17H35NO4/c1-16(21)22-13-11-9-7-5-3-2-4-6-8-10-12-17(18,14-19)15-20/h19-20H,2-15,18H2,1H3. The van der Waals surface area contributed by atoms with E-state index in [2.05, 4.69) is 0 Å². The van der Waals surface area contributed by atoms with Gasteiger partial charge in [0, 0.05) is 6.92 Å². The van der Waals surface area contributed by atoms with Gasteiger partial charge in [-0.05, 0) is 12.8 Å². The molecule has 0 unspecified atom stereocenters. The van der Waals surface area contributed by atoms with Crippen molar-refractivity contribution in [1.82, 2.24) is 0 Å². The number of aliphatic hydroxyl groups excluding tert-OH is 2. The van der Waals surface area contributed by atoms with Crippen molar-refractivity contribution < 1.29 is 19.7 Å². The first-order valence-corrected chi connectivity index (χ1v) is 8.68. The summed E-state index contributed by atoms with van der Waals surface area (Å²) in [4.78, 5) is 10.6. The van der Waals surface area contributed by atoms with Crippen molar-refractivity contribution >= 4 is 5.97 Å². The van der Waals surface area contributed by atoms with Crippen LogP contribution in [0.3, 0.4) is 0 Å². The van der Waals surface area contributed by atoms with Crippen molar-refractivity contribution in [3.63, 3.8) is 0 Å². The lowest BCUT2D eigenvalue weighted by Crippen LogP contribution is -2.47. The summed E-state index contributed by atoms with van der Waals surface area (Å²) in [6.07, 6.45) is 12.3. The van der Waals surface area contributed by atoms with Crippen LogP contribution in [0, 0.1) is 0 Å². The lowest BCUT2D eigenvalue weighted by Gasteiger charge is -2.24. The number of carbonyl (C=O) groups is 1. The van der Waals surface area contributed by atoms with E-state index in [-0.39, 0.29) is 19.2 Å². The van der Waals surface area contributed by atoms with Gasteiger partial charge in [0.1, 0.15) is 0 Å². The fourth-order valence-electron chi connectivity index (χ4n) is 2.42. The molecule has 132 valence electrons. The topological polar surface area (TPSA) is 92.8 Å². The highest BCUT2D eigenvalue weighted by Gasteiger charge is 2.21. The van der Waals surface area contributed by atoms with Crippen LogP contribution in [-0.2, 0) is 9.53 Å². The minimum absolute atomic E-state index is 0.152. The first-order valence-electron chi connectivity index (χ1n) is 8.68. The molecular weight excluding hydrogens is 282 g/mol. The molecule has 0 amide bonds. The fraction of sp³-hybridized carbons (Fsp3) is 0.941. The molecule has 22 heavy (non-hydrogen) atoms. The lowest BCUT2D eigenvalue weighted by atomic mass is 9.94. The Hall–Kier alpha value is -0.650. The Bertz CT molecular complexity index is 267. The Morgan fingerprint density at radius 2 is 1.27 bits per heavy atom. The van der Waals surface area contributed by atoms with Crippen molar-refractivity contribution in [2.24, 2.45) is 5.73 Å². The molecule has 0 radical (unpaired) electrons. The minimum Gasteiger partial charge on any atom is -0.466 e. The molecule has 0 aliphatic carbocycles. The van der Waals surface area contributed by atoms with E-state index < -0.39 is 5.54 Å². The Morgan fingerprint density at radius 3 is 1.68 bits per heavy atom. The molecule has 0 aliphatic heterocycles. The van der Waals surface area contributed by atoms with Gasteiger partial charge in [-0.2, -0.15) is 0 Å². The van der Waals surface area contributed by atoms with Gasteiger partial charge in [-0.25, -0.2) is 0 Å². The van der Waals surface area contributed by atoms with Gasteiger partial charge < -0.3 is 20.7 Å². The maximum Gasteiger partial charge on any atom is 0.302 e. The van der Waals surface area contributed by atoms with E-state index in [0.717, 1.165) is 25.7 Å². The van der Waals surface area contributed by atoms with Gasteiger partial charge in [-0.1, -0.05) is 57.8 Å². The van der Waals surface area contributed by atoms with Crippen LogP contribution in [0.1, 0.15) is 77.6 Å². The van der Waals surface area contributed by atoms with E-state index in [4.69, 9.17) is 20.7 Å². The predicted octanol–water partition coefficient (Wildman–Crippen LogP) is 2.52. The molecule has 0 atom stereocenters. The lowest BCUT2D eigenvalue weighted by molar-refractivity contribution is -0.141. The Labute approximate surface area is 135 Å². The Kier molecular flexibility index (Phi) is 13.6. The van der Waals surface area contributed by atoms with E-state index in [1.165, 1.54) is 45.4 Å². The second-order valence-corrected chi connectivity index (χ2v) is 6.30. The third-order valence-corrected chi connectivity index (χ3v) is 4.00. The highest BCUT2D eigenvalue weighted by molar-refractivity contribution is 5.65. The van der Waals surface area contributed by atoms with Crippen molar-refractivity contribution in [3.8, 4) is 0 Å². The molecule has 0 fully saturated rings. The number of esters is 1. The first kappa shape index (κ1) is 21.4. The number of ether oxygens (including phenoxy) is 1. The summed E-state index contributed by atoms with van der Waals surface area (Å²) in [6.45, 7) is 1.70. The summed E-state index contributed by atoms with van der Waals surface area (Å²) in [7, 11) is 0. The fourth-order valence-corrected chi connectivity index (χ4v) is 2.42.